The van der Waals surface area contributed by atoms with Crippen molar-refractivity contribution in [2.24, 2.45) is 0 Å². The molecule has 2 heterocycles. The van der Waals surface area contributed by atoms with Gasteiger partial charge in [0.25, 0.3) is 11.5 Å². The average Bonchev–Trinajstić information content (AvgIpc) is 3.28. The highest BCUT2D eigenvalue weighted by molar-refractivity contribution is 6.31. The molecule has 0 aliphatic carbocycles. The van der Waals surface area contributed by atoms with Gasteiger partial charge in [0.15, 0.2) is 5.69 Å². The molecule has 1 N–H and O–H groups in total. The van der Waals surface area contributed by atoms with Crippen LogP contribution in [-0.4, -0.2) is 44.2 Å². The van der Waals surface area contributed by atoms with Gasteiger partial charge >= 0.3 is 0 Å². The van der Waals surface area contributed by atoms with Crippen LogP contribution in [-0.2, 0) is 6.54 Å². The summed E-state index contributed by atoms with van der Waals surface area (Å²) < 4.78 is 7.06. The van der Waals surface area contributed by atoms with E-state index in [-0.39, 0.29) is 23.7 Å². The van der Waals surface area contributed by atoms with Crippen LogP contribution < -0.4 is 10.3 Å². The molecule has 33 heavy (non-hydrogen) atoms. The second-order valence-electron chi connectivity index (χ2n) is 7.72. The molecule has 2 aromatic heterocycles. The van der Waals surface area contributed by atoms with Crippen LogP contribution in [0.25, 0.3) is 16.6 Å². The van der Waals surface area contributed by atoms with Gasteiger partial charge in [-0.1, -0.05) is 24.6 Å². The molecule has 8 nitrogen and oxygen atoms in total. The number of halogens is 1. The highest BCUT2D eigenvalue weighted by atomic mass is 35.5. The normalized spacial score (nSPS) is 11.0. The Hall–Kier alpha value is -3.65. The number of carbonyl (C=O) groups is 1. The largest absolute Gasteiger partial charge is 0.494 e. The molecule has 1 amide bonds. The Balaban J connectivity index is 1.63. The lowest BCUT2D eigenvalue weighted by molar-refractivity contribution is 0.0732. The number of rotatable bonds is 7. The quantitative estimate of drug-likeness (QED) is 0.443. The SMILES string of the molecule is CCCN(Cc1nc2cc(Cl)ccc2c(=O)[nH]1)C(=O)c1ccn(-c2cc(C)ccc2OC)n1. The van der Waals surface area contributed by atoms with Gasteiger partial charge in [-0.05, 0) is 55.3 Å². The van der Waals surface area contributed by atoms with Crippen molar-refractivity contribution in [1.82, 2.24) is 24.6 Å². The maximum atomic E-state index is 13.3. The van der Waals surface area contributed by atoms with Crippen molar-refractivity contribution in [2.75, 3.05) is 13.7 Å². The number of amides is 1. The van der Waals surface area contributed by atoms with Crippen molar-refractivity contribution in [1.29, 1.82) is 0 Å². The van der Waals surface area contributed by atoms with Gasteiger partial charge in [-0.3, -0.25) is 9.59 Å². The van der Waals surface area contributed by atoms with Crippen molar-refractivity contribution in [3.05, 3.63) is 81.1 Å². The zero-order chi connectivity index (χ0) is 23.5. The van der Waals surface area contributed by atoms with E-state index >= 15 is 0 Å². The van der Waals surface area contributed by atoms with Crippen LogP contribution in [0, 0.1) is 6.92 Å². The number of fused-ring (bicyclic) bond motifs is 1. The molecule has 0 aliphatic heterocycles. The van der Waals surface area contributed by atoms with Gasteiger partial charge in [0.05, 0.1) is 24.6 Å². The molecule has 0 spiro atoms. The monoisotopic (exact) mass is 465 g/mol. The Bertz CT molecular complexity index is 1380. The van der Waals surface area contributed by atoms with Crippen molar-refractivity contribution < 1.29 is 9.53 Å². The smallest absolute Gasteiger partial charge is 0.274 e. The predicted molar refractivity (Wildman–Crippen MR) is 127 cm³/mol. The highest BCUT2D eigenvalue weighted by Gasteiger charge is 2.20. The number of ether oxygens (including phenoxy) is 1. The minimum absolute atomic E-state index is 0.144. The summed E-state index contributed by atoms with van der Waals surface area (Å²) in [5, 5.41) is 5.43. The topological polar surface area (TPSA) is 93.1 Å². The molecule has 0 saturated heterocycles. The summed E-state index contributed by atoms with van der Waals surface area (Å²) in [6.45, 7) is 4.58. The van der Waals surface area contributed by atoms with E-state index in [2.05, 4.69) is 15.1 Å². The van der Waals surface area contributed by atoms with Crippen LogP contribution in [0.1, 0.15) is 35.2 Å². The molecule has 9 heteroatoms. The first-order chi connectivity index (χ1) is 15.9. The number of hydrogen-bond acceptors (Lipinski definition) is 5. The van der Waals surface area contributed by atoms with E-state index in [0.29, 0.717) is 34.0 Å². The zero-order valence-corrected chi connectivity index (χ0v) is 19.4. The Morgan fingerprint density at radius 3 is 2.79 bits per heavy atom. The lowest BCUT2D eigenvalue weighted by atomic mass is 10.2. The van der Waals surface area contributed by atoms with Gasteiger partial charge in [-0.25, -0.2) is 9.67 Å². The van der Waals surface area contributed by atoms with E-state index in [1.165, 1.54) is 0 Å². The summed E-state index contributed by atoms with van der Waals surface area (Å²) in [6, 6.07) is 12.3. The molecule has 0 saturated carbocycles. The Morgan fingerprint density at radius 2 is 2.03 bits per heavy atom. The van der Waals surface area contributed by atoms with Crippen LogP contribution >= 0.6 is 11.6 Å². The fourth-order valence-corrected chi connectivity index (χ4v) is 3.82. The van der Waals surface area contributed by atoms with E-state index in [1.54, 1.807) is 47.2 Å². The molecule has 0 atom stereocenters. The van der Waals surface area contributed by atoms with Crippen LogP contribution in [0.5, 0.6) is 5.75 Å². The summed E-state index contributed by atoms with van der Waals surface area (Å²) in [4.78, 5) is 34.6. The van der Waals surface area contributed by atoms with Crippen LogP contribution in [0.15, 0.2) is 53.5 Å². The molecule has 4 rings (SSSR count). The first kappa shape index (κ1) is 22.5. The number of aromatic nitrogens is 4. The van der Waals surface area contributed by atoms with Crippen LogP contribution in [0.2, 0.25) is 5.02 Å². The van der Waals surface area contributed by atoms with Crippen molar-refractivity contribution in [2.45, 2.75) is 26.8 Å². The summed E-state index contributed by atoms with van der Waals surface area (Å²) in [6.07, 6.45) is 2.47. The number of benzene rings is 2. The first-order valence-electron chi connectivity index (χ1n) is 10.6. The number of nitrogens with zero attached hydrogens (tertiary/aromatic N) is 4. The highest BCUT2D eigenvalue weighted by Crippen LogP contribution is 2.24. The van der Waals surface area contributed by atoms with Crippen molar-refractivity contribution in [3.63, 3.8) is 0 Å². The van der Waals surface area contributed by atoms with Crippen LogP contribution in [0.4, 0.5) is 0 Å². The third-order valence-corrected chi connectivity index (χ3v) is 5.46. The molecule has 0 unspecified atom stereocenters. The summed E-state index contributed by atoms with van der Waals surface area (Å²) >= 11 is 6.06. The lowest BCUT2D eigenvalue weighted by Crippen LogP contribution is -2.33. The van der Waals surface area contributed by atoms with E-state index in [4.69, 9.17) is 16.3 Å². The second kappa shape index (κ2) is 9.46. The molecule has 0 bridgehead atoms. The predicted octanol–water partition coefficient (Wildman–Crippen LogP) is 4.13. The fraction of sp³-hybridized carbons (Fsp3) is 0.250. The molecular weight excluding hydrogens is 442 g/mol. The maximum absolute atomic E-state index is 13.3. The lowest BCUT2D eigenvalue weighted by Gasteiger charge is -2.20. The van der Waals surface area contributed by atoms with Gasteiger partial charge in [0.2, 0.25) is 0 Å². The molecule has 4 aromatic rings. The molecular formula is C24H24ClN5O3. The minimum atomic E-state index is -0.272. The van der Waals surface area contributed by atoms with Gasteiger partial charge in [-0.15, -0.1) is 0 Å². The van der Waals surface area contributed by atoms with E-state index in [1.807, 2.05) is 32.0 Å². The number of hydrogen-bond donors (Lipinski definition) is 1. The third-order valence-electron chi connectivity index (χ3n) is 5.23. The number of nitrogens with one attached hydrogen (secondary N) is 1. The number of carbonyl (C=O) groups excluding carboxylic acids is 1. The van der Waals surface area contributed by atoms with Gasteiger partial charge < -0.3 is 14.6 Å². The molecule has 2 aromatic carbocycles. The standard InChI is InChI=1S/C24H24ClN5O3/c1-4-10-29(14-22-26-19-13-16(25)6-7-17(19)23(31)27-22)24(32)18-9-11-30(28-18)20-12-15(2)5-8-21(20)33-3/h5-9,11-13H,4,10,14H2,1-3H3,(H,26,27,31). The van der Waals surface area contributed by atoms with Crippen molar-refractivity contribution >= 4 is 28.4 Å². The molecule has 0 radical (unpaired) electrons. The van der Waals surface area contributed by atoms with Crippen molar-refractivity contribution in [3.8, 4) is 11.4 Å². The van der Waals surface area contributed by atoms with Gasteiger partial charge in [-0.2, -0.15) is 5.10 Å². The van der Waals surface area contributed by atoms with E-state index < -0.39 is 0 Å². The second-order valence-corrected chi connectivity index (χ2v) is 8.16. The summed E-state index contributed by atoms with van der Waals surface area (Å²) in [5.74, 6) is 0.789. The number of aryl methyl sites for hydroxylation is 1. The Morgan fingerprint density at radius 1 is 1.21 bits per heavy atom. The third kappa shape index (κ3) is 4.75. The van der Waals surface area contributed by atoms with Gasteiger partial charge in [0.1, 0.15) is 17.3 Å². The molecule has 170 valence electrons. The number of H-pyrrole nitrogens is 1. The minimum Gasteiger partial charge on any atom is -0.494 e. The Kier molecular flexibility index (Phi) is 6.46. The zero-order valence-electron chi connectivity index (χ0n) is 18.6. The molecule has 0 fully saturated rings. The van der Waals surface area contributed by atoms with E-state index in [0.717, 1.165) is 17.7 Å². The number of aromatic amines is 1. The molecule has 0 aliphatic rings. The van der Waals surface area contributed by atoms with Gasteiger partial charge in [0, 0.05) is 17.8 Å². The van der Waals surface area contributed by atoms with Crippen LogP contribution in [0.3, 0.4) is 0 Å². The summed E-state index contributed by atoms with van der Waals surface area (Å²) in [7, 11) is 1.59. The first-order valence-corrected chi connectivity index (χ1v) is 11.0. The Labute approximate surface area is 195 Å². The maximum Gasteiger partial charge on any atom is 0.274 e. The fourth-order valence-electron chi connectivity index (χ4n) is 3.65. The number of methoxy groups -OCH3 is 1. The summed E-state index contributed by atoms with van der Waals surface area (Å²) in [5.41, 5.74) is 2.30. The van der Waals surface area contributed by atoms with E-state index in [9.17, 15) is 9.59 Å². The average molecular weight is 466 g/mol.